The molecule has 8 rings (SSSR count). The number of para-hydroxylation sites is 2. The molecule has 0 radical (unpaired) electrons. The number of methoxy groups -OCH3 is 2. The first-order valence-corrected chi connectivity index (χ1v) is 24.7. The van der Waals surface area contributed by atoms with Gasteiger partial charge in [-0.15, -0.1) is 0 Å². The summed E-state index contributed by atoms with van der Waals surface area (Å²) in [6.07, 6.45) is 1.37. The monoisotopic (exact) mass is 874 g/mol. The summed E-state index contributed by atoms with van der Waals surface area (Å²) in [5.74, 6) is 1.38. The Balaban J connectivity index is 1.30. The largest absolute Gasteiger partial charge is 0.497 e. The number of benzene rings is 6. The van der Waals surface area contributed by atoms with Gasteiger partial charge < -0.3 is 23.5 Å². The van der Waals surface area contributed by atoms with Gasteiger partial charge in [0.2, 0.25) is 0 Å². The molecule has 4 unspecified atom stereocenters. The first-order chi connectivity index (χ1) is 30.7. The van der Waals surface area contributed by atoms with E-state index in [0.717, 1.165) is 51.4 Å². The quantitative estimate of drug-likeness (QED) is 0.104. The second kappa shape index (κ2) is 18.9. The lowest BCUT2D eigenvalue weighted by molar-refractivity contribution is 0.415. The van der Waals surface area contributed by atoms with E-state index in [9.17, 15) is 10.5 Å². The van der Waals surface area contributed by atoms with Crippen molar-refractivity contribution in [1.29, 1.82) is 10.5 Å². The van der Waals surface area contributed by atoms with Gasteiger partial charge in [-0.25, -0.2) is 0 Å². The Hall–Kier alpha value is -6.44. The molecule has 0 amide bonds. The van der Waals surface area contributed by atoms with Gasteiger partial charge in [-0.2, -0.15) is 10.5 Å². The molecule has 0 aromatic heterocycles. The summed E-state index contributed by atoms with van der Waals surface area (Å²) < 4.78 is 52.7. The second-order valence-corrected chi connectivity index (χ2v) is 21.4. The molecule has 2 aliphatic rings. The molecule has 2 heterocycles. The van der Waals surface area contributed by atoms with Gasteiger partial charge in [0.1, 0.15) is 11.5 Å². The number of hydrogen-bond donors (Lipinski definition) is 0. The van der Waals surface area contributed by atoms with E-state index in [2.05, 4.69) is 28.9 Å². The van der Waals surface area contributed by atoms with Crippen LogP contribution in [-0.4, -0.2) is 33.9 Å². The van der Waals surface area contributed by atoms with Crippen molar-refractivity contribution in [2.24, 2.45) is 0 Å². The third-order valence-electron chi connectivity index (χ3n) is 12.3. The molecule has 2 fully saturated rings. The molecule has 2 saturated heterocycles. The SMILES string of the molecule is COc1ccc(N2CCCN(c3ccc(OC)cc3)P2(=O)C(CC#N)c2cccc(C3CCN(c4ccccc4)P(=O)(C(CC#N)c4ccc(C)cc4)N3c3ccccc3)c2)cc1. The summed E-state index contributed by atoms with van der Waals surface area (Å²) in [4.78, 5) is 0. The Morgan fingerprint density at radius 3 is 1.59 bits per heavy atom. The lowest BCUT2D eigenvalue weighted by atomic mass is 9.98. The molecule has 12 heteroatoms. The normalized spacial score (nSPS) is 19.3. The van der Waals surface area contributed by atoms with Gasteiger partial charge in [-0.3, -0.25) is 13.8 Å². The number of ether oxygens (including phenoxy) is 2. The zero-order chi connectivity index (χ0) is 44.0. The van der Waals surface area contributed by atoms with Gasteiger partial charge in [0.15, 0.2) is 0 Å². The Morgan fingerprint density at radius 2 is 1.06 bits per heavy atom. The van der Waals surface area contributed by atoms with Crippen LogP contribution >= 0.6 is 14.9 Å². The minimum Gasteiger partial charge on any atom is -0.497 e. The van der Waals surface area contributed by atoms with Crippen molar-refractivity contribution >= 4 is 37.6 Å². The van der Waals surface area contributed by atoms with Crippen LogP contribution in [0.4, 0.5) is 22.7 Å². The van der Waals surface area contributed by atoms with Crippen LogP contribution in [0.15, 0.2) is 158 Å². The molecule has 6 aromatic carbocycles. The van der Waals surface area contributed by atoms with Gasteiger partial charge in [0.05, 0.1) is 56.6 Å². The average Bonchev–Trinajstić information content (AvgIpc) is 3.33. The van der Waals surface area contributed by atoms with Gasteiger partial charge in [-0.1, -0.05) is 90.5 Å². The summed E-state index contributed by atoms with van der Waals surface area (Å²) in [6, 6.07) is 55.5. The van der Waals surface area contributed by atoms with Gasteiger partial charge >= 0.3 is 0 Å². The van der Waals surface area contributed by atoms with Crippen molar-refractivity contribution in [2.75, 3.05) is 52.5 Å². The Bertz CT molecular complexity index is 2610. The highest BCUT2D eigenvalue weighted by Crippen LogP contribution is 2.73. The highest BCUT2D eigenvalue weighted by Gasteiger charge is 2.52. The van der Waals surface area contributed by atoms with Crippen molar-refractivity contribution in [3.63, 3.8) is 0 Å². The minimum atomic E-state index is -3.77. The first-order valence-electron chi connectivity index (χ1n) is 21.4. The van der Waals surface area contributed by atoms with E-state index in [1.165, 1.54) is 0 Å². The first kappa shape index (κ1) is 43.2. The zero-order valence-electron chi connectivity index (χ0n) is 35.9. The molecule has 0 bridgehead atoms. The van der Waals surface area contributed by atoms with Gasteiger partial charge in [-0.05, 0) is 109 Å². The molecule has 320 valence electrons. The summed E-state index contributed by atoms with van der Waals surface area (Å²) in [5.41, 5.74) is 5.33. The van der Waals surface area contributed by atoms with Crippen LogP contribution in [0.2, 0.25) is 0 Å². The van der Waals surface area contributed by atoms with E-state index in [-0.39, 0.29) is 12.8 Å². The van der Waals surface area contributed by atoms with E-state index in [1.807, 2.05) is 167 Å². The molecule has 0 aliphatic carbocycles. The van der Waals surface area contributed by atoms with Crippen molar-refractivity contribution < 1.29 is 18.6 Å². The highest BCUT2D eigenvalue weighted by molar-refractivity contribution is 7.68. The molecule has 10 nitrogen and oxygen atoms in total. The standard InChI is InChI=1S/C51H52N6O4P2/c1-39-18-20-40(21-19-39)50(30-33-52)63(59)56(43-14-6-4-7-15-43)37-32-49(57(63)46-16-8-5-9-17-46)41-12-10-13-42(38-41)51(31-34-53)62(58)54(44-22-26-47(60-2)27-23-44)35-11-36-55(62)45-24-28-48(61-3)29-25-45/h4-10,12-29,38,49-51H,11,30-32,35-37H2,1-3H3. The third kappa shape index (κ3) is 8.30. The van der Waals surface area contributed by atoms with E-state index < -0.39 is 32.2 Å². The number of rotatable bonds is 13. The predicted molar refractivity (Wildman–Crippen MR) is 254 cm³/mol. The fourth-order valence-corrected chi connectivity index (χ4v) is 16.6. The maximum Gasteiger partial charge on any atom is 0.271 e. The van der Waals surface area contributed by atoms with Gasteiger partial charge in [0, 0.05) is 42.4 Å². The molecule has 2 aliphatic heterocycles. The maximum atomic E-state index is 16.9. The highest BCUT2D eigenvalue weighted by atomic mass is 31.2. The van der Waals surface area contributed by atoms with Crippen LogP contribution in [0, 0.1) is 29.6 Å². The lowest BCUT2D eigenvalue weighted by Gasteiger charge is -2.52. The Morgan fingerprint density at radius 1 is 0.571 bits per heavy atom. The zero-order valence-corrected chi connectivity index (χ0v) is 37.7. The number of nitriles is 2. The van der Waals surface area contributed by atoms with Crippen LogP contribution < -0.4 is 28.2 Å². The van der Waals surface area contributed by atoms with Crippen molar-refractivity contribution in [3.8, 4) is 23.6 Å². The maximum absolute atomic E-state index is 16.9. The summed E-state index contributed by atoms with van der Waals surface area (Å²) in [6.45, 7) is 3.54. The van der Waals surface area contributed by atoms with Crippen molar-refractivity contribution in [1.82, 2.24) is 0 Å². The van der Waals surface area contributed by atoms with Crippen molar-refractivity contribution in [2.45, 2.75) is 50.0 Å². The minimum absolute atomic E-state index is 0.00888. The predicted octanol–water partition coefficient (Wildman–Crippen LogP) is 12.9. The fraction of sp³-hybridized carbons (Fsp3) is 0.255. The van der Waals surface area contributed by atoms with Crippen LogP contribution in [0.5, 0.6) is 11.5 Å². The van der Waals surface area contributed by atoms with E-state index in [4.69, 9.17) is 9.47 Å². The van der Waals surface area contributed by atoms with E-state index in [1.54, 1.807) is 14.2 Å². The van der Waals surface area contributed by atoms with Crippen LogP contribution in [0.3, 0.4) is 0 Å². The fourth-order valence-electron chi connectivity index (χ4n) is 9.29. The lowest BCUT2D eigenvalue weighted by Crippen LogP contribution is -2.43. The number of aryl methyl sites for hydroxylation is 1. The Labute approximate surface area is 371 Å². The topological polar surface area (TPSA) is 113 Å². The van der Waals surface area contributed by atoms with Crippen LogP contribution in [-0.2, 0) is 9.13 Å². The number of anilines is 4. The van der Waals surface area contributed by atoms with Crippen LogP contribution in [0.25, 0.3) is 0 Å². The molecule has 0 spiro atoms. The van der Waals surface area contributed by atoms with E-state index >= 15 is 9.13 Å². The third-order valence-corrected chi connectivity index (χ3v) is 19.4. The molecular weight excluding hydrogens is 823 g/mol. The molecule has 0 saturated carbocycles. The van der Waals surface area contributed by atoms with E-state index in [0.29, 0.717) is 37.6 Å². The summed E-state index contributed by atoms with van der Waals surface area (Å²) in [7, 11) is -4.22. The van der Waals surface area contributed by atoms with Gasteiger partial charge in [0.25, 0.3) is 14.9 Å². The number of nitrogens with zero attached hydrogens (tertiary/aromatic N) is 6. The Kier molecular flexibility index (Phi) is 13.0. The molecule has 4 atom stereocenters. The average molecular weight is 875 g/mol. The second-order valence-electron chi connectivity index (χ2n) is 16.0. The molecule has 63 heavy (non-hydrogen) atoms. The summed E-state index contributed by atoms with van der Waals surface area (Å²) >= 11 is 0. The molecule has 0 N–H and O–H groups in total. The van der Waals surface area contributed by atoms with Crippen LogP contribution in [0.1, 0.15) is 65.3 Å². The molecule has 6 aromatic rings. The molecular formula is C51H52N6O4P2. The number of hydrogen-bond acceptors (Lipinski definition) is 6. The van der Waals surface area contributed by atoms with Crippen molar-refractivity contribution in [3.05, 3.63) is 180 Å². The smallest absolute Gasteiger partial charge is 0.271 e. The summed E-state index contributed by atoms with van der Waals surface area (Å²) in [5, 5.41) is 21.1.